The third-order valence-corrected chi connectivity index (χ3v) is 5.45. The van der Waals surface area contributed by atoms with Crippen molar-refractivity contribution < 1.29 is 12.8 Å². The molecule has 2 heterocycles. The van der Waals surface area contributed by atoms with Crippen molar-refractivity contribution in [1.29, 1.82) is 0 Å². The Bertz CT molecular complexity index is 998. The second-order valence-corrected chi connectivity index (χ2v) is 7.18. The van der Waals surface area contributed by atoms with E-state index in [0.29, 0.717) is 17.2 Å². The Labute approximate surface area is 130 Å². The summed E-state index contributed by atoms with van der Waals surface area (Å²) >= 11 is 1.21. The fourth-order valence-corrected chi connectivity index (χ4v) is 4.04. The monoisotopic (exact) mass is 339 g/mol. The van der Waals surface area contributed by atoms with Crippen LogP contribution < -0.4 is 10.5 Å². The maximum Gasteiger partial charge on any atom is 0.419 e. The molecule has 0 unspecified atom stereocenters. The average Bonchev–Trinajstić information content (AvgIpc) is 2.99. The van der Waals surface area contributed by atoms with Gasteiger partial charge in [-0.15, -0.1) is 11.3 Å². The number of aryl methyl sites for hydroxylation is 2. The second kappa shape index (κ2) is 5.25. The summed E-state index contributed by atoms with van der Waals surface area (Å²) in [5, 5.41) is 2.05. The molecular weight excluding hydrogens is 326 g/mol. The fraction of sp³-hybridized carbons (Fsp3) is 0.231. The topological polar surface area (TPSA) is 94.2 Å². The van der Waals surface area contributed by atoms with Crippen LogP contribution in [0.1, 0.15) is 12.6 Å². The first-order valence-corrected chi connectivity index (χ1v) is 8.85. The van der Waals surface area contributed by atoms with Crippen LogP contribution >= 0.6 is 11.3 Å². The quantitative estimate of drug-likeness (QED) is 0.786. The van der Waals surface area contributed by atoms with Crippen LogP contribution in [0.2, 0.25) is 0 Å². The van der Waals surface area contributed by atoms with E-state index in [1.807, 2.05) is 6.92 Å². The van der Waals surface area contributed by atoms with Gasteiger partial charge in [0.2, 0.25) is 0 Å². The van der Waals surface area contributed by atoms with Gasteiger partial charge >= 0.3 is 5.76 Å². The zero-order valence-electron chi connectivity index (χ0n) is 11.9. The first-order valence-electron chi connectivity index (χ1n) is 6.49. The van der Waals surface area contributed by atoms with E-state index in [0.717, 1.165) is 5.69 Å². The minimum absolute atomic E-state index is 0.0184. The first-order chi connectivity index (χ1) is 10.4. The van der Waals surface area contributed by atoms with Crippen LogP contribution in [0.4, 0.5) is 5.13 Å². The Kier molecular flexibility index (Phi) is 3.53. The molecule has 3 aromatic rings. The molecule has 3 rings (SSSR count). The number of fused-ring (bicyclic) bond motifs is 1. The van der Waals surface area contributed by atoms with Crippen molar-refractivity contribution in [1.82, 2.24) is 9.55 Å². The van der Waals surface area contributed by atoms with Crippen LogP contribution in [0.25, 0.3) is 11.1 Å². The lowest BCUT2D eigenvalue weighted by Crippen LogP contribution is -2.13. The van der Waals surface area contributed by atoms with E-state index in [1.165, 1.54) is 28.0 Å². The summed E-state index contributed by atoms with van der Waals surface area (Å²) in [6, 6.07) is 4.34. The van der Waals surface area contributed by atoms with Gasteiger partial charge in [0.1, 0.15) is 0 Å². The zero-order chi connectivity index (χ0) is 15.9. The highest BCUT2D eigenvalue weighted by molar-refractivity contribution is 7.93. The number of nitrogens with zero attached hydrogens (tertiary/aromatic N) is 2. The van der Waals surface area contributed by atoms with Gasteiger partial charge in [0.05, 0.1) is 16.1 Å². The molecule has 1 N–H and O–H groups in total. The maximum absolute atomic E-state index is 12.3. The molecule has 7 nitrogen and oxygen atoms in total. The van der Waals surface area contributed by atoms with Gasteiger partial charge in [-0.1, -0.05) is 0 Å². The second-order valence-electron chi connectivity index (χ2n) is 4.64. The van der Waals surface area contributed by atoms with Crippen molar-refractivity contribution in [2.24, 2.45) is 0 Å². The smallest absolute Gasteiger partial charge is 0.408 e. The molecule has 22 heavy (non-hydrogen) atoms. The number of benzene rings is 1. The summed E-state index contributed by atoms with van der Waals surface area (Å²) < 4.78 is 33.6. The predicted molar refractivity (Wildman–Crippen MR) is 83.8 cm³/mol. The molecule has 0 radical (unpaired) electrons. The van der Waals surface area contributed by atoms with E-state index in [4.69, 9.17) is 4.42 Å². The van der Waals surface area contributed by atoms with Crippen molar-refractivity contribution in [3.05, 3.63) is 39.8 Å². The lowest BCUT2D eigenvalue weighted by molar-refractivity contribution is 0.512. The van der Waals surface area contributed by atoms with E-state index in [1.54, 1.807) is 18.4 Å². The van der Waals surface area contributed by atoms with Gasteiger partial charge in [0, 0.05) is 18.0 Å². The van der Waals surface area contributed by atoms with Gasteiger partial charge in [-0.2, -0.15) is 0 Å². The van der Waals surface area contributed by atoms with Crippen molar-refractivity contribution in [2.45, 2.75) is 25.3 Å². The highest BCUT2D eigenvalue weighted by atomic mass is 32.2. The number of aromatic nitrogens is 2. The molecule has 0 aliphatic carbocycles. The fourth-order valence-electron chi connectivity index (χ4n) is 2.09. The van der Waals surface area contributed by atoms with Crippen LogP contribution in [-0.4, -0.2) is 18.0 Å². The van der Waals surface area contributed by atoms with Crippen molar-refractivity contribution in [3.63, 3.8) is 0 Å². The van der Waals surface area contributed by atoms with E-state index >= 15 is 0 Å². The minimum atomic E-state index is -3.78. The Morgan fingerprint density at radius 2 is 2.18 bits per heavy atom. The first kappa shape index (κ1) is 14.8. The van der Waals surface area contributed by atoms with Gasteiger partial charge in [-0.3, -0.25) is 9.29 Å². The molecule has 0 saturated heterocycles. The van der Waals surface area contributed by atoms with Crippen molar-refractivity contribution in [3.8, 4) is 0 Å². The largest absolute Gasteiger partial charge is 0.419 e. The van der Waals surface area contributed by atoms with Crippen LogP contribution in [0.15, 0.2) is 37.7 Å². The Morgan fingerprint density at radius 3 is 2.82 bits per heavy atom. The van der Waals surface area contributed by atoms with Crippen molar-refractivity contribution >= 4 is 37.6 Å². The summed E-state index contributed by atoms with van der Waals surface area (Å²) in [5.74, 6) is -0.504. The molecule has 1 aromatic carbocycles. The maximum atomic E-state index is 12.3. The number of oxazole rings is 1. The third kappa shape index (κ3) is 2.53. The molecule has 2 aromatic heterocycles. The lowest BCUT2D eigenvalue weighted by Gasteiger charge is -2.05. The molecule has 0 saturated carbocycles. The summed E-state index contributed by atoms with van der Waals surface area (Å²) in [4.78, 5) is 15.7. The Balaban J connectivity index is 2.04. The molecule has 0 bridgehead atoms. The van der Waals surface area contributed by atoms with Crippen LogP contribution in [0.5, 0.6) is 0 Å². The summed E-state index contributed by atoms with van der Waals surface area (Å²) in [6.07, 6.45) is 0. The van der Waals surface area contributed by atoms with Crippen molar-refractivity contribution in [2.75, 3.05) is 4.72 Å². The summed E-state index contributed by atoms with van der Waals surface area (Å²) in [7, 11) is -3.78. The summed E-state index contributed by atoms with van der Waals surface area (Å²) in [6.45, 7) is 4.05. The predicted octanol–water partition coefficient (Wildman–Crippen LogP) is 2.18. The molecule has 0 aliphatic rings. The number of rotatable bonds is 4. The number of nitrogens with one attached hydrogen (secondary N) is 1. The summed E-state index contributed by atoms with van der Waals surface area (Å²) in [5.41, 5.74) is 1.55. The molecule has 0 atom stereocenters. The molecule has 116 valence electrons. The SMILES string of the molecule is CCn1c(=O)oc2cc(S(=O)(=O)Nc3nc(C)cs3)ccc21. The molecule has 0 fully saturated rings. The lowest BCUT2D eigenvalue weighted by atomic mass is 10.3. The highest BCUT2D eigenvalue weighted by Crippen LogP contribution is 2.22. The normalized spacial score (nSPS) is 11.9. The van der Waals surface area contributed by atoms with Crippen LogP contribution in [-0.2, 0) is 16.6 Å². The standard InChI is InChI=1S/C13H13N3O4S2/c1-3-16-10-5-4-9(6-11(10)20-13(16)17)22(18,19)15-12-14-8(2)7-21-12/h4-7H,3H2,1-2H3,(H,14,15). The Morgan fingerprint density at radius 1 is 1.41 bits per heavy atom. The highest BCUT2D eigenvalue weighted by Gasteiger charge is 2.18. The number of sulfonamides is 1. The van der Waals surface area contributed by atoms with Gasteiger partial charge < -0.3 is 4.42 Å². The molecule has 0 spiro atoms. The van der Waals surface area contributed by atoms with Crippen LogP contribution in [0.3, 0.4) is 0 Å². The number of thiazole rings is 1. The number of hydrogen-bond acceptors (Lipinski definition) is 6. The van der Waals surface area contributed by atoms with E-state index in [9.17, 15) is 13.2 Å². The van der Waals surface area contributed by atoms with Gasteiger partial charge in [-0.25, -0.2) is 18.2 Å². The number of hydrogen-bond donors (Lipinski definition) is 1. The minimum Gasteiger partial charge on any atom is -0.408 e. The number of anilines is 1. The molecule has 0 aliphatic heterocycles. The van der Waals surface area contributed by atoms with Crippen LogP contribution in [0, 0.1) is 6.92 Å². The zero-order valence-corrected chi connectivity index (χ0v) is 13.5. The van der Waals surface area contributed by atoms with Gasteiger partial charge in [0.25, 0.3) is 10.0 Å². The van der Waals surface area contributed by atoms with E-state index in [2.05, 4.69) is 9.71 Å². The molecule has 0 amide bonds. The van der Waals surface area contributed by atoms with E-state index in [-0.39, 0.29) is 10.5 Å². The van der Waals surface area contributed by atoms with Gasteiger partial charge in [0.15, 0.2) is 10.7 Å². The molecular formula is C13H13N3O4S2. The Hall–Kier alpha value is -2.13. The molecule has 9 heteroatoms. The van der Waals surface area contributed by atoms with Gasteiger partial charge in [-0.05, 0) is 26.0 Å². The average molecular weight is 339 g/mol. The van der Waals surface area contributed by atoms with E-state index < -0.39 is 15.8 Å². The third-order valence-electron chi connectivity index (χ3n) is 3.11.